The highest BCUT2D eigenvalue weighted by Crippen LogP contribution is 2.33. The van der Waals surface area contributed by atoms with Crippen LogP contribution in [0.3, 0.4) is 0 Å². The van der Waals surface area contributed by atoms with Crippen molar-refractivity contribution in [3.63, 3.8) is 0 Å². The van der Waals surface area contributed by atoms with Gasteiger partial charge in [-0.1, -0.05) is 27.7 Å². The third-order valence-corrected chi connectivity index (χ3v) is 4.70. The maximum atomic E-state index is 12.7. The molecule has 1 aliphatic rings. The normalized spacial score (nSPS) is 15.0. The summed E-state index contributed by atoms with van der Waals surface area (Å²) in [6.45, 7) is 11.5. The van der Waals surface area contributed by atoms with Crippen molar-refractivity contribution in [3.8, 4) is 0 Å². The molecule has 0 radical (unpaired) electrons. The largest absolute Gasteiger partial charge is 0.416 e. The molecule has 1 fully saturated rings. The van der Waals surface area contributed by atoms with Gasteiger partial charge in [-0.15, -0.1) is 11.3 Å². The lowest BCUT2D eigenvalue weighted by atomic mass is 10.2. The van der Waals surface area contributed by atoms with Gasteiger partial charge in [0.25, 0.3) is 0 Å². The van der Waals surface area contributed by atoms with Crippen LogP contribution in [0.15, 0.2) is 18.2 Å². The van der Waals surface area contributed by atoms with Crippen LogP contribution in [0.4, 0.5) is 13.2 Å². The van der Waals surface area contributed by atoms with E-state index in [1.54, 1.807) is 4.90 Å². The quantitative estimate of drug-likeness (QED) is 0.718. The lowest BCUT2D eigenvalue weighted by Gasteiger charge is -2.31. The molecule has 0 unspecified atom stereocenters. The lowest BCUT2D eigenvalue weighted by Crippen LogP contribution is -2.45. The summed E-state index contributed by atoms with van der Waals surface area (Å²) in [6.07, 6.45) is -3.50. The molecule has 0 aliphatic carbocycles. The summed E-state index contributed by atoms with van der Waals surface area (Å²) < 4.78 is 38.9. The first kappa shape index (κ1) is 22.4. The second kappa shape index (κ2) is 10.5. The zero-order chi connectivity index (χ0) is 19.7. The molecule has 4 nitrogen and oxygen atoms in total. The van der Waals surface area contributed by atoms with Crippen molar-refractivity contribution in [2.45, 2.75) is 40.4 Å². The van der Waals surface area contributed by atoms with Gasteiger partial charge in [-0.25, -0.2) is 4.98 Å². The Hall–Kier alpha value is -1.67. The molecular weight excluding hydrogens is 363 g/mol. The molecule has 1 aromatic carbocycles. The third kappa shape index (κ3) is 5.95. The van der Waals surface area contributed by atoms with E-state index in [9.17, 15) is 18.0 Å². The molecule has 0 saturated carbocycles. The van der Waals surface area contributed by atoms with Gasteiger partial charge in [0.1, 0.15) is 5.01 Å². The second-order valence-corrected chi connectivity index (χ2v) is 6.32. The molecule has 1 amide bonds. The van der Waals surface area contributed by atoms with E-state index in [0.29, 0.717) is 25.2 Å². The molecule has 1 aromatic heterocycles. The van der Waals surface area contributed by atoms with Crippen molar-refractivity contribution in [3.05, 3.63) is 28.8 Å². The molecule has 26 heavy (non-hydrogen) atoms. The van der Waals surface area contributed by atoms with Crippen LogP contribution in [-0.2, 0) is 17.5 Å². The summed E-state index contributed by atoms with van der Waals surface area (Å²) in [5.41, 5.74) is -0.280. The van der Waals surface area contributed by atoms with Crippen molar-refractivity contribution >= 4 is 28.0 Å². The topological polar surface area (TPSA) is 36.4 Å². The van der Waals surface area contributed by atoms with E-state index in [0.717, 1.165) is 41.3 Å². The number of aromatic nitrogens is 1. The Bertz CT molecular complexity index is 680. The van der Waals surface area contributed by atoms with Gasteiger partial charge < -0.3 is 4.90 Å². The minimum Gasteiger partial charge on any atom is -0.343 e. The Morgan fingerprint density at radius 1 is 1.12 bits per heavy atom. The lowest BCUT2D eigenvalue weighted by molar-refractivity contribution is -0.137. The number of carbonyl (C=O) groups is 1. The van der Waals surface area contributed by atoms with Crippen LogP contribution in [0, 0.1) is 0 Å². The maximum Gasteiger partial charge on any atom is 0.416 e. The van der Waals surface area contributed by atoms with Crippen molar-refractivity contribution in [1.29, 1.82) is 0 Å². The molecule has 0 spiro atoms. The average Bonchev–Trinajstić information content (AvgIpc) is 3.06. The summed E-state index contributed by atoms with van der Waals surface area (Å²) in [4.78, 5) is 18.8. The molecule has 1 saturated heterocycles. The van der Waals surface area contributed by atoms with Crippen molar-refractivity contribution < 1.29 is 18.0 Å². The Morgan fingerprint density at radius 3 is 2.27 bits per heavy atom. The maximum absolute atomic E-state index is 12.7. The van der Waals surface area contributed by atoms with Gasteiger partial charge >= 0.3 is 6.18 Å². The number of carbonyl (C=O) groups excluding carboxylic acids is 1. The molecule has 146 valence electrons. The number of rotatable bonds is 3. The Morgan fingerprint density at radius 2 is 1.73 bits per heavy atom. The Labute approximate surface area is 156 Å². The SMILES string of the molecule is CC.CC.O=CN1CCN(Cc2nc3cc(C(F)(F)F)ccc3s2)CC1. The van der Waals surface area contributed by atoms with Gasteiger partial charge in [0.05, 0.1) is 22.3 Å². The zero-order valence-electron chi connectivity index (χ0n) is 15.6. The first-order valence-electron chi connectivity index (χ1n) is 8.84. The number of benzene rings is 1. The van der Waals surface area contributed by atoms with Crippen LogP contribution in [0.1, 0.15) is 38.3 Å². The molecule has 2 heterocycles. The number of fused-ring (bicyclic) bond motifs is 1. The van der Waals surface area contributed by atoms with E-state index in [2.05, 4.69) is 9.88 Å². The van der Waals surface area contributed by atoms with Gasteiger partial charge in [0.2, 0.25) is 6.41 Å². The fraction of sp³-hybridized carbons (Fsp3) is 0.556. The van der Waals surface area contributed by atoms with E-state index in [-0.39, 0.29) is 0 Å². The van der Waals surface area contributed by atoms with Gasteiger partial charge in [0.15, 0.2) is 0 Å². The van der Waals surface area contributed by atoms with E-state index in [1.165, 1.54) is 17.4 Å². The van der Waals surface area contributed by atoms with Crippen LogP contribution in [0.2, 0.25) is 0 Å². The van der Waals surface area contributed by atoms with Crippen LogP contribution in [-0.4, -0.2) is 47.4 Å². The Balaban J connectivity index is 0.000000791. The fourth-order valence-electron chi connectivity index (χ4n) is 2.44. The molecule has 0 N–H and O–H groups in total. The van der Waals surface area contributed by atoms with Crippen LogP contribution in [0.25, 0.3) is 10.2 Å². The monoisotopic (exact) mass is 389 g/mol. The molecule has 2 aromatic rings. The number of hydrogen-bond acceptors (Lipinski definition) is 4. The highest BCUT2D eigenvalue weighted by Gasteiger charge is 2.30. The predicted octanol–water partition coefficient (Wildman–Crippen LogP) is 4.64. The van der Waals surface area contributed by atoms with E-state index in [4.69, 9.17) is 0 Å². The summed E-state index contributed by atoms with van der Waals surface area (Å²) in [7, 11) is 0. The first-order chi connectivity index (χ1) is 12.5. The highest BCUT2D eigenvalue weighted by molar-refractivity contribution is 7.18. The number of nitrogens with zero attached hydrogens (tertiary/aromatic N) is 3. The van der Waals surface area contributed by atoms with Crippen molar-refractivity contribution in [2.24, 2.45) is 0 Å². The first-order valence-corrected chi connectivity index (χ1v) is 9.66. The van der Waals surface area contributed by atoms with E-state index < -0.39 is 11.7 Å². The zero-order valence-corrected chi connectivity index (χ0v) is 16.5. The highest BCUT2D eigenvalue weighted by atomic mass is 32.1. The van der Waals surface area contributed by atoms with Gasteiger partial charge in [0, 0.05) is 26.2 Å². The second-order valence-electron chi connectivity index (χ2n) is 5.21. The predicted molar refractivity (Wildman–Crippen MR) is 100 cm³/mol. The number of amides is 1. The van der Waals surface area contributed by atoms with Gasteiger partial charge in [-0.3, -0.25) is 9.69 Å². The van der Waals surface area contributed by atoms with Crippen LogP contribution < -0.4 is 0 Å². The van der Waals surface area contributed by atoms with Gasteiger partial charge in [-0.2, -0.15) is 13.2 Å². The smallest absolute Gasteiger partial charge is 0.343 e. The number of thiazole rings is 1. The average molecular weight is 389 g/mol. The molecule has 8 heteroatoms. The minimum atomic E-state index is -4.34. The number of alkyl halides is 3. The fourth-order valence-corrected chi connectivity index (χ4v) is 3.43. The molecule has 0 atom stereocenters. The number of hydrogen-bond donors (Lipinski definition) is 0. The minimum absolute atomic E-state index is 0.390. The van der Waals surface area contributed by atoms with Crippen molar-refractivity contribution in [1.82, 2.24) is 14.8 Å². The summed E-state index contributed by atoms with van der Waals surface area (Å²) in [5, 5.41) is 0.800. The number of piperazine rings is 1. The van der Waals surface area contributed by atoms with Crippen LogP contribution >= 0.6 is 11.3 Å². The van der Waals surface area contributed by atoms with Gasteiger partial charge in [-0.05, 0) is 18.2 Å². The third-order valence-electron chi connectivity index (χ3n) is 3.67. The Kier molecular flexibility index (Phi) is 9.01. The summed E-state index contributed by atoms with van der Waals surface area (Å²) in [6, 6.07) is 3.66. The van der Waals surface area contributed by atoms with E-state index >= 15 is 0 Å². The van der Waals surface area contributed by atoms with Crippen LogP contribution in [0.5, 0.6) is 0 Å². The molecule has 3 rings (SSSR count). The molecule has 0 bridgehead atoms. The summed E-state index contributed by atoms with van der Waals surface area (Å²) >= 11 is 1.41. The van der Waals surface area contributed by atoms with E-state index in [1.807, 2.05) is 27.7 Å². The molecular formula is C18H26F3N3OS. The number of halogens is 3. The standard InChI is InChI=1S/C14H14F3N3OS.2C2H6/c15-14(16,17)10-1-2-12-11(7-10)18-13(22-12)8-19-3-5-20(9-21)6-4-19;2*1-2/h1-2,7,9H,3-6,8H2;2*1-2H3. The summed E-state index contributed by atoms with van der Waals surface area (Å²) in [5.74, 6) is 0. The molecule has 1 aliphatic heterocycles. The van der Waals surface area contributed by atoms with Crippen molar-refractivity contribution in [2.75, 3.05) is 26.2 Å².